The van der Waals surface area contributed by atoms with E-state index in [1.54, 1.807) is 24.3 Å². The first-order valence-corrected chi connectivity index (χ1v) is 10.7. The summed E-state index contributed by atoms with van der Waals surface area (Å²) in [5.74, 6) is -0.516. The largest absolute Gasteiger partial charge is 1.00 e. The third-order valence-electron chi connectivity index (χ3n) is 3.94. The number of ether oxygens (including phenoxy) is 1. The third-order valence-corrected chi connectivity index (χ3v) is 5.66. The fourth-order valence-corrected chi connectivity index (χ4v) is 3.74. The zero-order valence-electron chi connectivity index (χ0n) is 15.7. The molecule has 0 spiro atoms. The van der Waals surface area contributed by atoms with E-state index in [1.165, 1.54) is 13.2 Å². The van der Waals surface area contributed by atoms with Gasteiger partial charge in [-0.05, 0) is 35.7 Å². The Hall–Kier alpha value is -2.06. The third kappa shape index (κ3) is 4.98. The predicted molar refractivity (Wildman–Crippen MR) is 102 cm³/mol. The number of rotatable bonds is 5. The van der Waals surface area contributed by atoms with Gasteiger partial charge < -0.3 is 9.84 Å². The first-order chi connectivity index (χ1) is 13.5. The summed E-state index contributed by atoms with van der Waals surface area (Å²) >= 11 is 0. The van der Waals surface area contributed by atoms with Crippen LogP contribution in [-0.2, 0) is 20.2 Å². The standard InChI is InChI=1S/C17H14N2O8S2.Na/c1-27-14-5-3-2-4-13(14)18-19-16-12-7-6-11(28(21,22)23)8-10(12)9-15(17(16)20)29(24,25)26;/h2-9,20H,1H3,(H,21,22,23)(H,24,25,26);/q;+1. The topological polar surface area (TPSA) is 163 Å². The number of para-hydroxylation sites is 1. The Morgan fingerprint density at radius 1 is 0.900 bits per heavy atom. The van der Waals surface area contributed by atoms with Gasteiger partial charge in [-0.15, -0.1) is 10.2 Å². The summed E-state index contributed by atoms with van der Waals surface area (Å²) in [6, 6.07) is 10.6. The molecule has 3 N–H and O–H groups in total. The molecule has 10 nitrogen and oxygen atoms in total. The number of benzene rings is 3. The smallest absolute Gasteiger partial charge is 0.504 e. The van der Waals surface area contributed by atoms with Crippen molar-refractivity contribution < 1.29 is 65.3 Å². The van der Waals surface area contributed by atoms with E-state index >= 15 is 0 Å². The molecule has 3 aromatic rings. The molecule has 0 aromatic heterocycles. The molecule has 0 fully saturated rings. The Morgan fingerprint density at radius 2 is 1.57 bits per heavy atom. The van der Waals surface area contributed by atoms with E-state index < -0.39 is 35.8 Å². The fourth-order valence-electron chi connectivity index (χ4n) is 2.60. The summed E-state index contributed by atoms with van der Waals surface area (Å²) in [7, 11) is -8.04. The Labute approximate surface area is 194 Å². The minimum Gasteiger partial charge on any atom is -0.504 e. The van der Waals surface area contributed by atoms with Gasteiger partial charge in [-0.2, -0.15) is 16.8 Å². The fraction of sp³-hybridized carbons (Fsp3) is 0.0588. The monoisotopic (exact) mass is 461 g/mol. The van der Waals surface area contributed by atoms with E-state index in [-0.39, 0.29) is 51.7 Å². The van der Waals surface area contributed by atoms with E-state index in [1.807, 2.05) is 0 Å². The molecule has 0 amide bonds. The molecule has 0 unspecified atom stereocenters. The van der Waals surface area contributed by atoms with Crippen molar-refractivity contribution in [1.82, 2.24) is 0 Å². The maximum absolute atomic E-state index is 11.6. The predicted octanol–water partition coefficient (Wildman–Crippen LogP) is 0.467. The molecule has 30 heavy (non-hydrogen) atoms. The van der Waals surface area contributed by atoms with Crippen LogP contribution in [0.15, 0.2) is 68.6 Å². The zero-order chi connectivity index (χ0) is 21.4. The van der Waals surface area contributed by atoms with Crippen molar-refractivity contribution in [3.05, 3.63) is 48.5 Å². The summed E-state index contributed by atoms with van der Waals surface area (Å²) < 4.78 is 69.8. The zero-order valence-corrected chi connectivity index (χ0v) is 19.3. The van der Waals surface area contributed by atoms with Crippen LogP contribution in [0.25, 0.3) is 10.8 Å². The van der Waals surface area contributed by atoms with Crippen LogP contribution in [0.5, 0.6) is 11.5 Å². The molecule has 0 saturated heterocycles. The molecule has 152 valence electrons. The van der Waals surface area contributed by atoms with Gasteiger partial charge in [0.15, 0.2) is 5.75 Å². The van der Waals surface area contributed by atoms with Crippen LogP contribution in [0, 0.1) is 0 Å². The quantitative estimate of drug-likeness (QED) is 0.280. The van der Waals surface area contributed by atoms with Crippen molar-refractivity contribution in [2.45, 2.75) is 9.79 Å². The number of phenolic OH excluding ortho intramolecular Hbond substituents is 1. The number of phenols is 1. The van der Waals surface area contributed by atoms with Crippen molar-refractivity contribution in [3.8, 4) is 11.5 Å². The number of hydrogen-bond donors (Lipinski definition) is 3. The van der Waals surface area contributed by atoms with E-state index in [0.29, 0.717) is 5.75 Å². The minimum atomic E-state index is -4.88. The summed E-state index contributed by atoms with van der Waals surface area (Å²) in [6.45, 7) is 0. The Morgan fingerprint density at radius 3 is 2.17 bits per heavy atom. The average Bonchev–Trinajstić information content (AvgIpc) is 2.65. The molecule has 0 atom stereocenters. The van der Waals surface area contributed by atoms with E-state index in [2.05, 4.69) is 10.2 Å². The number of nitrogens with zero attached hydrogens (tertiary/aromatic N) is 2. The van der Waals surface area contributed by atoms with Gasteiger partial charge in [0.05, 0.1) is 12.0 Å². The van der Waals surface area contributed by atoms with Crippen molar-refractivity contribution in [3.63, 3.8) is 0 Å². The second kappa shape index (κ2) is 8.98. The van der Waals surface area contributed by atoms with Crippen LogP contribution >= 0.6 is 0 Å². The van der Waals surface area contributed by atoms with Gasteiger partial charge in [0.2, 0.25) is 0 Å². The van der Waals surface area contributed by atoms with Crippen molar-refractivity contribution >= 4 is 42.4 Å². The van der Waals surface area contributed by atoms with Crippen molar-refractivity contribution in [2.24, 2.45) is 10.2 Å². The number of azo groups is 1. The Bertz CT molecular complexity index is 1360. The van der Waals surface area contributed by atoms with E-state index in [4.69, 9.17) is 4.74 Å². The summed E-state index contributed by atoms with van der Waals surface area (Å²) in [6.07, 6.45) is 0. The molecule has 0 aliphatic rings. The van der Waals surface area contributed by atoms with Gasteiger partial charge in [-0.25, -0.2) is 0 Å². The van der Waals surface area contributed by atoms with Crippen molar-refractivity contribution in [1.29, 1.82) is 0 Å². The van der Waals surface area contributed by atoms with Gasteiger partial charge in [0.1, 0.15) is 22.0 Å². The second-order valence-corrected chi connectivity index (χ2v) is 8.59. The minimum absolute atomic E-state index is 0. The van der Waals surface area contributed by atoms with E-state index in [9.17, 15) is 31.0 Å². The molecule has 3 aromatic carbocycles. The van der Waals surface area contributed by atoms with Crippen LogP contribution in [0.4, 0.5) is 11.4 Å². The molecule has 3 rings (SSSR count). The number of methoxy groups -OCH3 is 1. The van der Waals surface area contributed by atoms with Gasteiger partial charge in [0, 0.05) is 5.39 Å². The van der Waals surface area contributed by atoms with Crippen LogP contribution in [0.3, 0.4) is 0 Å². The maximum atomic E-state index is 11.6. The number of hydrogen-bond acceptors (Lipinski definition) is 8. The molecular weight excluding hydrogens is 447 g/mol. The summed E-state index contributed by atoms with van der Waals surface area (Å²) in [5, 5.41) is 18.3. The van der Waals surface area contributed by atoms with Gasteiger partial charge in [-0.3, -0.25) is 9.11 Å². The average molecular weight is 461 g/mol. The van der Waals surface area contributed by atoms with Gasteiger partial charge in [0.25, 0.3) is 20.2 Å². The molecule has 0 radical (unpaired) electrons. The van der Waals surface area contributed by atoms with E-state index in [0.717, 1.165) is 18.2 Å². The molecular formula is C17H14N2NaO8S2+. The molecule has 0 heterocycles. The molecule has 0 bridgehead atoms. The molecule has 0 saturated carbocycles. The van der Waals surface area contributed by atoms with Crippen LogP contribution in [0.2, 0.25) is 0 Å². The first kappa shape index (κ1) is 24.2. The molecule has 0 aliphatic heterocycles. The Kier molecular flexibility index (Phi) is 7.24. The summed E-state index contributed by atoms with van der Waals surface area (Å²) in [5.41, 5.74) is -0.0581. The van der Waals surface area contributed by atoms with Crippen LogP contribution < -0.4 is 34.3 Å². The first-order valence-electron chi connectivity index (χ1n) is 7.82. The number of fused-ring (bicyclic) bond motifs is 1. The Balaban J connectivity index is 0.00000320. The summed E-state index contributed by atoms with van der Waals surface area (Å²) in [4.78, 5) is -1.41. The van der Waals surface area contributed by atoms with Gasteiger partial charge in [-0.1, -0.05) is 18.2 Å². The van der Waals surface area contributed by atoms with Crippen LogP contribution in [0.1, 0.15) is 0 Å². The SMILES string of the molecule is COc1ccccc1N=Nc1c(O)c(S(=O)(=O)O)cc2cc(S(=O)(=O)O)ccc12.[Na+]. The normalized spacial score (nSPS) is 12.1. The van der Waals surface area contributed by atoms with Gasteiger partial charge >= 0.3 is 29.6 Å². The maximum Gasteiger partial charge on any atom is 1.00 e. The molecule has 13 heteroatoms. The van der Waals surface area contributed by atoms with Crippen molar-refractivity contribution in [2.75, 3.05) is 7.11 Å². The number of aromatic hydroxyl groups is 1. The van der Waals surface area contributed by atoms with Crippen LogP contribution in [-0.4, -0.2) is 38.2 Å². The molecule has 0 aliphatic carbocycles. The second-order valence-electron chi connectivity index (χ2n) is 5.78.